The van der Waals surface area contributed by atoms with Crippen molar-refractivity contribution in [3.8, 4) is 0 Å². The van der Waals surface area contributed by atoms with Crippen molar-refractivity contribution in [2.24, 2.45) is 0 Å². The van der Waals surface area contributed by atoms with Crippen LogP contribution < -0.4 is 10.6 Å². The minimum Gasteiger partial charge on any atom is -0.314 e. The zero-order valence-corrected chi connectivity index (χ0v) is 11.1. The quantitative estimate of drug-likeness (QED) is 0.830. The maximum absolute atomic E-state index is 3.56. The largest absolute Gasteiger partial charge is 0.314 e. The average Bonchev–Trinajstić information content (AvgIpc) is 2.23. The van der Waals surface area contributed by atoms with E-state index in [1.165, 1.54) is 15.6 Å². The molecular weight excluding hydrogens is 275 g/mol. The molecule has 1 fully saturated rings. The molecule has 0 radical (unpaired) electrons. The molecule has 4 heteroatoms. The Hall–Kier alpha value is -0.0900. The number of aryl methyl sites for hydroxylation is 1. The molecule has 2 rings (SSSR count). The van der Waals surface area contributed by atoms with Gasteiger partial charge in [-0.05, 0) is 24.1 Å². The molecule has 0 amide bonds. The predicted octanol–water partition coefficient (Wildman–Crippen LogP) is 2.41. The van der Waals surface area contributed by atoms with Gasteiger partial charge in [-0.2, -0.15) is 0 Å². The molecule has 84 valence electrons. The Morgan fingerprint density at radius 1 is 1.33 bits per heavy atom. The van der Waals surface area contributed by atoms with Crippen LogP contribution in [-0.2, 0) is 0 Å². The Morgan fingerprint density at radius 2 is 2.13 bits per heavy atom. The first-order chi connectivity index (χ1) is 6.77. The summed E-state index contributed by atoms with van der Waals surface area (Å²) in [6, 6.07) is 7.03. The fourth-order valence-electron chi connectivity index (χ4n) is 1.71. The minimum absolute atomic E-state index is 0. The Labute approximate surface area is 105 Å². The van der Waals surface area contributed by atoms with Gasteiger partial charge in [-0.3, -0.25) is 0 Å². The van der Waals surface area contributed by atoms with Gasteiger partial charge in [-0.15, -0.1) is 12.4 Å². The summed E-state index contributed by atoms with van der Waals surface area (Å²) in [5.41, 5.74) is 2.65. The molecule has 15 heavy (non-hydrogen) atoms. The van der Waals surface area contributed by atoms with E-state index < -0.39 is 0 Å². The van der Waals surface area contributed by atoms with Gasteiger partial charge in [0.2, 0.25) is 0 Å². The Bertz CT molecular complexity index is 324. The van der Waals surface area contributed by atoms with Crippen LogP contribution in [0.5, 0.6) is 0 Å². The van der Waals surface area contributed by atoms with Crippen LogP contribution in [0.15, 0.2) is 22.7 Å². The van der Waals surface area contributed by atoms with E-state index in [9.17, 15) is 0 Å². The molecule has 0 aliphatic carbocycles. The first kappa shape index (κ1) is 13.0. The second kappa shape index (κ2) is 5.85. The number of hydrogen-bond acceptors (Lipinski definition) is 2. The molecule has 1 atom stereocenters. The third-order valence-electron chi connectivity index (χ3n) is 2.64. The fraction of sp³-hybridized carbons (Fsp3) is 0.455. The van der Waals surface area contributed by atoms with Gasteiger partial charge in [0.15, 0.2) is 0 Å². The third kappa shape index (κ3) is 3.18. The average molecular weight is 292 g/mol. The summed E-state index contributed by atoms with van der Waals surface area (Å²) in [6.45, 7) is 5.26. The highest BCUT2D eigenvalue weighted by Crippen LogP contribution is 2.22. The molecule has 1 aliphatic heterocycles. The summed E-state index contributed by atoms with van der Waals surface area (Å²) in [5.74, 6) is 0. The third-order valence-corrected chi connectivity index (χ3v) is 3.49. The molecule has 1 aromatic carbocycles. The lowest BCUT2D eigenvalue weighted by molar-refractivity contribution is 0.430. The number of piperazine rings is 1. The van der Waals surface area contributed by atoms with Crippen molar-refractivity contribution in [2.45, 2.75) is 13.0 Å². The number of halogens is 2. The standard InChI is InChI=1S/C11H15BrN2.ClH/c1-8-2-3-9(6-10(8)12)11-7-13-4-5-14-11;/h2-3,6,11,13-14H,4-5,7H2,1H3;1H/t11-;/m0./s1. The van der Waals surface area contributed by atoms with Gasteiger partial charge in [-0.1, -0.05) is 28.1 Å². The molecule has 1 aliphatic rings. The second-order valence-corrected chi connectivity index (χ2v) is 4.57. The van der Waals surface area contributed by atoms with Crippen molar-refractivity contribution in [1.82, 2.24) is 10.6 Å². The fourth-order valence-corrected chi connectivity index (χ4v) is 2.11. The van der Waals surface area contributed by atoms with Crippen molar-refractivity contribution in [2.75, 3.05) is 19.6 Å². The predicted molar refractivity (Wildman–Crippen MR) is 69.7 cm³/mol. The summed E-state index contributed by atoms with van der Waals surface area (Å²) >= 11 is 3.56. The maximum atomic E-state index is 3.56. The van der Waals surface area contributed by atoms with Crippen molar-refractivity contribution >= 4 is 28.3 Å². The Balaban J connectivity index is 0.00000112. The van der Waals surface area contributed by atoms with E-state index in [1.807, 2.05) is 0 Å². The minimum atomic E-state index is 0. The molecule has 0 aromatic heterocycles. The molecule has 2 nitrogen and oxygen atoms in total. The molecule has 0 spiro atoms. The van der Waals surface area contributed by atoms with Gasteiger partial charge < -0.3 is 10.6 Å². The second-order valence-electron chi connectivity index (χ2n) is 3.72. The van der Waals surface area contributed by atoms with E-state index >= 15 is 0 Å². The highest BCUT2D eigenvalue weighted by atomic mass is 79.9. The highest BCUT2D eigenvalue weighted by molar-refractivity contribution is 9.10. The van der Waals surface area contributed by atoms with E-state index in [4.69, 9.17) is 0 Å². The van der Waals surface area contributed by atoms with Crippen LogP contribution in [0.1, 0.15) is 17.2 Å². The summed E-state index contributed by atoms with van der Waals surface area (Å²) in [5, 5.41) is 6.89. The molecular formula is C11H16BrClN2. The summed E-state index contributed by atoms with van der Waals surface area (Å²) in [7, 11) is 0. The van der Waals surface area contributed by atoms with Crippen LogP contribution in [0.3, 0.4) is 0 Å². The van der Waals surface area contributed by atoms with Crippen LogP contribution in [0.4, 0.5) is 0 Å². The molecule has 0 saturated carbocycles. The van der Waals surface area contributed by atoms with Crippen LogP contribution in [0.25, 0.3) is 0 Å². The van der Waals surface area contributed by atoms with E-state index in [-0.39, 0.29) is 12.4 Å². The van der Waals surface area contributed by atoms with Gasteiger partial charge in [-0.25, -0.2) is 0 Å². The van der Waals surface area contributed by atoms with Gasteiger partial charge in [0.25, 0.3) is 0 Å². The van der Waals surface area contributed by atoms with Crippen molar-refractivity contribution in [1.29, 1.82) is 0 Å². The number of nitrogens with one attached hydrogen (secondary N) is 2. The Morgan fingerprint density at radius 3 is 2.73 bits per heavy atom. The molecule has 0 bridgehead atoms. The zero-order valence-electron chi connectivity index (χ0n) is 8.72. The molecule has 2 N–H and O–H groups in total. The zero-order chi connectivity index (χ0) is 9.97. The summed E-state index contributed by atoms with van der Waals surface area (Å²) < 4.78 is 1.20. The summed E-state index contributed by atoms with van der Waals surface area (Å²) in [6.07, 6.45) is 0. The summed E-state index contributed by atoms with van der Waals surface area (Å²) in [4.78, 5) is 0. The van der Waals surface area contributed by atoms with E-state index in [0.717, 1.165) is 19.6 Å². The van der Waals surface area contributed by atoms with Crippen molar-refractivity contribution in [3.63, 3.8) is 0 Å². The molecule has 0 unspecified atom stereocenters. The number of rotatable bonds is 1. The number of hydrogen-bond donors (Lipinski definition) is 2. The van der Waals surface area contributed by atoms with Gasteiger partial charge >= 0.3 is 0 Å². The van der Waals surface area contributed by atoms with Crippen molar-refractivity contribution in [3.05, 3.63) is 33.8 Å². The van der Waals surface area contributed by atoms with E-state index in [1.54, 1.807) is 0 Å². The monoisotopic (exact) mass is 290 g/mol. The lowest BCUT2D eigenvalue weighted by Crippen LogP contribution is -2.42. The lowest BCUT2D eigenvalue weighted by atomic mass is 10.0. The highest BCUT2D eigenvalue weighted by Gasteiger charge is 2.14. The van der Waals surface area contributed by atoms with Crippen LogP contribution in [-0.4, -0.2) is 19.6 Å². The normalized spacial score (nSPS) is 20.8. The number of benzene rings is 1. The van der Waals surface area contributed by atoms with E-state index in [2.05, 4.69) is 51.7 Å². The molecule has 1 aromatic rings. The molecule has 1 saturated heterocycles. The lowest BCUT2D eigenvalue weighted by Gasteiger charge is -2.25. The first-order valence-corrected chi connectivity index (χ1v) is 5.77. The van der Waals surface area contributed by atoms with Crippen molar-refractivity contribution < 1.29 is 0 Å². The van der Waals surface area contributed by atoms with Gasteiger partial charge in [0.05, 0.1) is 0 Å². The Kier molecular flexibility index (Phi) is 5.06. The van der Waals surface area contributed by atoms with Gasteiger partial charge in [0.1, 0.15) is 0 Å². The van der Waals surface area contributed by atoms with Crippen LogP contribution in [0.2, 0.25) is 0 Å². The van der Waals surface area contributed by atoms with Crippen LogP contribution >= 0.6 is 28.3 Å². The van der Waals surface area contributed by atoms with Gasteiger partial charge in [0, 0.05) is 30.1 Å². The van der Waals surface area contributed by atoms with Crippen LogP contribution in [0, 0.1) is 6.92 Å². The topological polar surface area (TPSA) is 24.1 Å². The SMILES string of the molecule is Cc1ccc([C@@H]2CNCCN2)cc1Br.Cl. The first-order valence-electron chi connectivity index (χ1n) is 4.97. The van der Waals surface area contributed by atoms with E-state index in [0.29, 0.717) is 6.04 Å². The smallest absolute Gasteiger partial charge is 0.0447 e. The molecule has 1 heterocycles. The maximum Gasteiger partial charge on any atom is 0.0447 e.